The predicted octanol–water partition coefficient (Wildman–Crippen LogP) is 2.16. The highest BCUT2D eigenvalue weighted by molar-refractivity contribution is 5.95. The zero-order valence-electron chi connectivity index (χ0n) is 12.9. The molecule has 1 heterocycles. The number of carbonyl (C=O) groups is 1. The van der Waals surface area contributed by atoms with Gasteiger partial charge in [0.25, 0.3) is 11.6 Å². The fourth-order valence-corrected chi connectivity index (χ4v) is 2.70. The van der Waals surface area contributed by atoms with Gasteiger partial charge in [0.2, 0.25) is 0 Å². The van der Waals surface area contributed by atoms with Crippen LogP contribution in [0.15, 0.2) is 42.5 Å². The first-order valence-electron chi connectivity index (χ1n) is 7.57. The number of nitro benzene ring substituents is 1. The fraction of sp³-hybridized carbons (Fsp3) is 0.235. The van der Waals surface area contributed by atoms with Crippen molar-refractivity contribution in [3.05, 3.63) is 63.7 Å². The Morgan fingerprint density at radius 2 is 2.12 bits per heavy atom. The Morgan fingerprint density at radius 3 is 2.92 bits per heavy atom. The molecule has 0 spiro atoms. The maximum Gasteiger partial charge on any atom is 0.292 e. The lowest BCUT2D eigenvalue weighted by atomic mass is 9.96. The summed E-state index contributed by atoms with van der Waals surface area (Å²) in [6.07, 6.45) is 0.818. The van der Waals surface area contributed by atoms with Crippen molar-refractivity contribution >= 4 is 17.3 Å². The molecule has 1 unspecified atom stereocenters. The van der Waals surface area contributed by atoms with E-state index in [1.54, 1.807) is 0 Å². The zero-order valence-corrected chi connectivity index (χ0v) is 12.9. The van der Waals surface area contributed by atoms with Gasteiger partial charge in [-0.3, -0.25) is 14.9 Å². The Balaban J connectivity index is 1.62. The lowest BCUT2D eigenvalue weighted by molar-refractivity contribution is -0.383. The summed E-state index contributed by atoms with van der Waals surface area (Å²) in [4.78, 5) is 22.5. The van der Waals surface area contributed by atoms with Gasteiger partial charge in [0.1, 0.15) is 11.4 Å². The second-order valence-electron chi connectivity index (χ2n) is 5.73. The van der Waals surface area contributed by atoms with Gasteiger partial charge in [-0.2, -0.15) is 0 Å². The average molecular weight is 327 g/mol. The number of benzene rings is 2. The molecule has 1 aliphatic rings. The molecule has 124 valence electrons. The van der Waals surface area contributed by atoms with Crippen molar-refractivity contribution < 1.29 is 14.5 Å². The van der Waals surface area contributed by atoms with Crippen LogP contribution in [0.25, 0.3) is 0 Å². The van der Waals surface area contributed by atoms with Crippen LogP contribution in [0, 0.1) is 16.0 Å². The van der Waals surface area contributed by atoms with E-state index in [4.69, 9.17) is 10.5 Å². The van der Waals surface area contributed by atoms with Gasteiger partial charge in [-0.1, -0.05) is 18.2 Å². The van der Waals surface area contributed by atoms with Crippen LogP contribution in [0.2, 0.25) is 0 Å². The Hall–Kier alpha value is -3.09. The first-order chi connectivity index (χ1) is 11.5. The maximum atomic E-state index is 12.2. The van der Waals surface area contributed by atoms with Crippen molar-refractivity contribution in [3.8, 4) is 5.75 Å². The summed E-state index contributed by atoms with van der Waals surface area (Å²) in [5.74, 6) is 0.679. The number of nitrogen functional groups attached to an aromatic ring is 1. The molecular formula is C17H17N3O4. The van der Waals surface area contributed by atoms with Crippen molar-refractivity contribution in [3.63, 3.8) is 0 Å². The lowest BCUT2D eigenvalue weighted by Gasteiger charge is -2.25. The number of nitro groups is 1. The number of nitrogens with one attached hydrogen (secondary N) is 1. The summed E-state index contributed by atoms with van der Waals surface area (Å²) in [6, 6.07) is 11.9. The summed E-state index contributed by atoms with van der Waals surface area (Å²) in [7, 11) is 0. The van der Waals surface area contributed by atoms with Crippen LogP contribution >= 0.6 is 0 Å². The minimum absolute atomic E-state index is 0.0360. The van der Waals surface area contributed by atoms with Crippen molar-refractivity contribution in [1.82, 2.24) is 5.32 Å². The molecule has 3 rings (SSSR count). The van der Waals surface area contributed by atoms with Crippen LogP contribution < -0.4 is 15.8 Å². The standard InChI is InChI=1S/C17H17N3O4/c18-14-6-5-13(8-15(14)20(22)23)17(21)19-9-11-7-12-3-1-2-4-16(12)24-10-11/h1-6,8,11H,7,9-10,18H2,(H,19,21). The SMILES string of the molecule is Nc1ccc(C(=O)NCC2COc3ccccc3C2)cc1[N+](=O)[O-]. The van der Waals surface area contributed by atoms with Crippen LogP contribution in [-0.4, -0.2) is 24.0 Å². The van der Waals surface area contributed by atoms with Gasteiger partial charge in [-0.25, -0.2) is 0 Å². The van der Waals surface area contributed by atoms with Crippen LogP contribution in [-0.2, 0) is 6.42 Å². The van der Waals surface area contributed by atoms with E-state index in [1.165, 1.54) is 18.2 Å². The Labute approximate surface area is 138 Å². The first-order valence-corrected chi connectivity index (χ1v) is 7.57. The summed E-state index contributed by atoms with van der Waals surface area (Å²) in [5.41, 5.74) is 6.64. The number of amides is 1. The highest BCUT2D eigenvalue weighted by atomic mass is 16.6. The van der Waals surface area contributed by atoms with Gasteiger partial charge in [-0.05, 0) is 30.2 Å². The van der Waals surface area contributed by atoms with Gasteiger partial charge in [-0.15, -0.1) is 0 Å². The minimum Gasteiger partial charge on any atom is -0.493 e. The van der Waals surface area contributed by atoms with E-state index < -0.39 is 4.92 Å². The smallest absolute Gasteiger partial charge is 0.292 e. The third-order valence-corrected chi connectivity index (χ3v) is 4.00. The second-order valence-corrected chi connectivity index (χ2v) is 5.73. The maximum absolute atomic E-state index is 12.2. The van der Waals surface area contributed by atoms with E-state index in [2.05, 4.69) is 5.32 Å². The molecule has 3 N–H and O–H groups in total. The number of fused-ring (bicyclic) bond motifs is 1. The third-order valence-electron chi connectivity index (χ3n) is 4.00. The molecule has 0 fully saturated rings. The first kappa shape index (κ1) is 15.8. The summed E-state index contributed by atoms with van der Waals surface area (Å²) >= 11 is 0. The van der Waals surface area contributed by atoms with Crippen molar-refractivity contribution in [2.24, 2.45) is 5.92 Å². The summed E-state index contributed by atoms with van der Waals surface area (Å²) in [5, 5.41) is 13.7. The third kappa shape index (κ3) is 3.29. The average Bonchev–Trinajstić information content (AvgIpc) is 2.59. The molecule has 0 bridgehead atoms. The molecule has 0 saturated carbocycles. The minimum atomic E-state index is -0.599. The van der Waals surface area contributed by atoms with E-state index >= 15 is 0 Å². The van der Waals surface area contributed by atoms with Gasteiger partial charge in [0, 0.05) is 24.1 Å². The van der Waals surface area contributed by atoms with E-state index in [1.807, 2.05) is 24.3 Å². The predicted molar refractivity (Wildman–Crippen MR) is 89.0 cm³/mol. The molecule has 0 aliphatic carbocycles. The number of para-hydroxylation sites is 1. The number of nitrogens with zero attached hydrogens (tertiary/aromatic N) is 1. The Bertz CT molecular complexity index is 791. The normalized spacial score (nSPS) is 15.9. The topological polar surface area (TPSA) is 107 Å². The number of hydrogen-bond donors (Lipinski definition) is 2. The number of ether oxygens (including phenoxy) is 1. The molecule has 0 aromatic heterocycles. The monoisotopic (exact) mass is 327 g/mol. The van der Waals surface area contributed by atoms with E-state index in [-0.39, 0.29) is 28.8 Å². The molecule has 0 saturated heterocycles. The van der Waals surface area contributed by atoms with Gasteiger partial charge >= 0.3 is 0 Å². The Kier molecular flexibility index (Phi) is 4.33. The summed E-state index contributed by atoms with van der Waals surface area (Å²) in [6.45, 7) is 0.963. The molecule has 2 aromatic carbocycles. The number of hydrogen-bond acceptors (Lipinski definition) is 5. The molecule has 0 radical (unpaired) electrons. The Morgan fingerprint density at radius 1 is 1.33 bits per heavy atom. The van der Waals surface area contributed by atoms with Crippen LogP contribution in [0.4, 0.5) is 11.4 Å². The molecular weight excluding hydrogens is 310 g/mol. The molecule has 7 heteroatoms. The quantitative estimate of drug-likeness (QED) is 0.508. The van der Waals surface area contributed by atoms with Crippen molar-refractivity contribution in [2.75, 3.05) is 18.9 Å². The largest absolute Gasteiger partial charge is 0.493 e. The van der Waals surface area contributed by atoms with Gasteiger partial charge in [0.15, 0.2) is 0 Å². The molecule has 24 heavy (non-hydrogen) atoms. The molecule has 7 nitrogen and oxygen atoms in total. The van der Waals surface area contributed by atoms with Crippen molar-refractivity contribution in [1.29, 1.82) is 0 Å². The van der Waals surface area contributed by atoms with Crippen LogP contribution in [0.1, 0.15) is 15.9 Å². The highest BCUT2D eigenvalue weighted by Gasteiger charge is 2.21. The number of anilines is 1. The second kappa shape index (κ2) is 6.57. The zero-order chi connectivity index (χ0) is 17.1. The van der Waals surface area contributed by atoms with Crippen molar-refractivity contribution in [2.45, 2.75) is 6.42 Å². The fourth-order valence-electron chi connectivity index (χ4n) is 2.70. The highest BCUT2D eigenvalue weighted by Crippen LogP contribution is 2.26. The molecule has 1 amide bonds. The lowest BCUT2D eigenvalue weighted by Crippen LogP contribution is -2.34. The van der Waals surface area contributed by atoms with E-state index in [9.17, 15) is 14.9 Å². The molecule has 1 aliphatic heterocycles. The van der Waals surface area contributed by atoms with Gasteiger partial charge in [0.05, 0.1) is 11.5 Å². The van der Waals surface area contributed by atoms with E-state index in [0.717, 1.165) is 17.7 Å². The molecule has 1 atom stereocenters. The number of rotatable bonds is 4. The van der Waals surface area contributed by atoms with Gasteiger partial charge < -0.3 is 15.8 Å². The summed E-state index contributed by atoms with van der Waals surface area (Å²) < 4.78 is 5.68. The number of carbonyl (C=O) groups excluding carboxylic acids is 1. The van der Waals surface area contributed by atoms with Crippen LogP contribution in [0.5, 0.6) is 5.75 Å². The number of nitrogens with two attached hydrogens (primary N) is 1. The van der Waals surface area contributed by atoms with Crippen LogP contribution in [0.3, 0.4) is 0 Å². The van der Waals surface area contributed by atoms with E-state index in [0.29, 0.717) is 13.2 Å². The molecule has 2 aromatic rings.